The standard InChI is InChI=1S/C7H6F6N2O/c1-15-3(5(16)7(11,12)13)2-4(14-15)6(8,9)10/h2,5,16H,1H3. The molecule has 0 fully saturated rings. The van der Waals surface area contributed by atoms with Gasteiger partial charge in [-0.2, -0.15) is 31.4 Å². The molecule has 0 amide bonds. The third-order valence-corrected chi connectivity index (χ3v) is 1.80. The van der Waals surface area contributed by atoms with E-state index in [1.165, 1.54) is 0 Å². The van der Waals surface area contributed by atoms with Crippen LogP contribution >= 0.6 is 0 Å². The molecule has 1 aromatic heterocycles. The minimum absolute atomic E-state index is 0.165. The molecule has 1 atom stereocenters. The molecule has 0 aliphatic carbocycles. The van der Waals surface area contributed by atoms with Gasteiger partial charge in [-0.05, 0) is 6.07 Å². The number of aliphatic hydroxyl groups excluding tert-OH is 1. The van der Waals surface area contributed by atoms with Crippen molar-refractivity contribution in [2.45, 2.75) is 18.5 Å². The smallest absolute Gasteiger partial charge is 0.378 e. The van der Waals surface area contributed by atoms with Crippen molar-refractivity contribution in [2.75, 3.05) is 0 Å². The predicted octanol–water partition coefficient (Wildman–Crippen LogP) is 2.03. The number of aliphatic hydroxyl groups is 1. The molecule has 0 saturated carbocycles. The second kappa shape index (κ2) is 3.65. The first-order valence-corrected chi connectivity index (χ1v) is 3.89. The van der Waals surface area contributed by atoms with Gasteiger partial charge in [0.2, 0.25) is 0 Å². The molecular formula is C7H6F6N2O. The van der Waals surface area contributed by atoms with Gasteiger partial charge >= 0.3 is 12.4 Å². The lowest BCUT2D eigenvalue weighted by Gasteiger charge is -2.13. The zero-order valence-electron chi connectivity index (χ0n) is 7.76. The van der Waals surface area contributed by atoms with Crippen LogP contribution in [-0.4, -0.2) is 21.1 Å². The van der Waals surface area contributed by atoms with Crippen molar-refractivity contribution in [1.82, 2.24) is 9.78 Å². The van der Waals surface area contributed by atoms with Crippen LogP contribution < -0.4 is 0 Å². The summed E-state index contributed by atoms with van der Waals surface area (Å²) < 4.78 is 72.8. The Morgan fingerprint density at radius 1 is 1.25 bits per heavy atom. The number of hydrogen-bond donors (Lipinski definition) is 1. The molecule has 1 heterocycles. The van der Waals surface area contributed by atoms with Crippen LogP contribution in [0.4, 0.5) is 26.3 Å². The van der Waals surface area contributed by atoms with E-state index in [0.717, 1.165) is 7.05 Å². The summed E-state index contributed by atoms with van der Waals surface area (Å²) in [5.41, 5.74) is -2.44. The molecule has 0 saturated heterocycles. The van der Waals surface area contributed by atoms with Gasteiger partial charge in [0, 0.05) is 7.05 Å². The molecule has 1 aromatic rings. The Morgan fingerprint density at radius 2 is 1.75 bits per heavy atom. The minimum atomic E-state index is -5.03. The lowest BCUT2D eigenvalue weighted by molar-refractivity contribution is -0.208. The van der Waals surface area contributed by atoms with Gasteiger partial charge < -0.3 is 5.11 Å². The molecule has 3 nitrogen and oxygen atoms in total. The van der Waals surface area contributed by atoms with Crippen LogP contribution in [0.3, 0.4) is 0 Å². The van der Waals surface area contributed by atoms with E-state index in [-0.39, 0.29) is 6.07 Å². The zero-order valence-corrected chi connectivity index (χ0v) is 7.76. The SMILES string of the molecule is Cn1nc(C(F)(F)F)cc1C(O)C(F)(F)F. The van der Waals surface area contributed by atoms with Crippen molar-refractivity contribution < 1.29 is 31.4 Å². The fourth-order valence-corrected chi connectivity index (χ4v) is 1.04. The quantitative estimate of drug-likeness (QED) is 0.772. The highest BCUT2D eigenvalue weighted by molar-refractivity contribution is 5.16. The number of hydrogen-bond acceptors (Lipinski definition) is 2. The monoisotopic (exact) mass is 248 g/mol. The van der Waals surface area contributed by atoms with E-state index >= 15 is 0 Å². The molecule has 1 rings (SSSR count). The Balaban J connectivity index is 3.13. The normalized spacial score (nSPS) is 15.2. The fraction of sp³-hybridized carbons (Fsp3) is 0.571. The van der Waals surface area contributed by atoms with Crippen LogP contribution in [0.25, 0.3) is 0 Å². The molecule has 16 heavy (non-hydrogen) atoms. The molecule has 92 valence electrons. The molecule has 0 aliphatic rings. The van der Waals surface area contributed by atoms with E-state index < -0.39 is 29.8 Å². The lowest BCUT2D eigenvalue weighted by atomic mass is 10.2. The van der Waals surface area contributed by atoms with E-state index in [1.54, 1.807) is 0 Å². The maximum atomic E-state index is 12.1. The molecule has 0 bridgehead atoms. The summed E-state index contributed by atoms with van der Waals surface area (Å²) in [7, 11) is 0.888. The summed E-state index contributed by atoms with van der Waals surface area (Å²) in [4.78, 5) is 0. The highest BCUT2D eigenvalue weighted by atomic mass is 19.4. The third kappa shape index (κ3) is 2.46. The highest BCUT2D eigenvalue weighted by Crippen LogP contribution is 2.35. The van der Waals surface area contributed by atoms with Crippen molar-refractivity contribution in [3.8, 4) is 0 Å². The molecule has 0 aliphatic heterocycles. The summed E-state index contributed by atoms with van der Waals surface area (Å²) in [6.45, 7) is 0. The van der Waals surface area contributed by atoms with E-state index in [1.807, 2.05) is 0 Å². The summed E-state index contributed by atoms with van der Waals surface area (Å²) >= 11 is 0. The number of nitrogens with zero attached hydrogens (tertiary/aromatic N) is 2. The van der Waals surface area contributed by atoms with Gasteiger partial charge in [-0.25, -0.2) is 0 Å². The number of halogens is 6. The van der Waals surface area contributed by atoms with Gasteiger partial charge in [0.25, 0.3) is 0 Å². The number of aryl methyl sites for hydroxylation is 1. The van der Waals surface area contributed by atoms with E-state index in [2.05, 4.69) is 5.10 Å². The molecular weight excluding hydrogens is 242 g/mol. The molecule has 0 radical (unpaired) electrons. The predicted molar refractivity (Wildman–Crippen MR) is 39.2 cm³/mol. The number of alkyl halides is 6. The fourth-order valence-electron chi connectivity index (χ4n) is 1.04. The van der Waals surface area contributed by atoms with Gasteiger partial charge in [-0.1, -0.05) is 0 Å². The second-order valence-electron chi connectivity index (χ2n) is 3.02. The van der Waals surface area contributed by atoms with Crippen molar-refractivity contribution in [3.63, 3.8) is 0 Å². The van der Waals surface area contributed by atoms with Crippen LogP contribution in [0, 0.1) is 0 Å². The van der Waals surface area contributed by atoms with Crippen LogP contribution in [-0.2, 0) is 13.2 Å². The Morgan fingerprint density at radius 3 is 2.06 bits per heavy atom. The lowest BCUT2D eigenvalue weighted by Crippen LogP contribution is -2.22. The summed E-state index contributed by atoms with van der Waals surface area (Å²) in [6, 6.07) is 0.165. The first kappa shape index (κ1) is 12.8. The van der Waals surface area contributed by atoms with Gasteiger partial charge in [-0.15, -0.1) is 0 Å². The van der Waals surface area contributed by atoms with Crippen molar-refractivity contribution in [3.05, 3.63) is 17.5 Å². The average Bonchev–Trinajstić information content (AvgIpc) is 2.43. The first-order valence-electron chi connectivity index (χ1n) is 3.89. The second-order valence-corrected chi connectivity index (χ2v) is 3.02. The summed E-state index contributed by atoms with van der Waals surface area (Å²) in [5.74, 6) is 0. The average molecular weight is 248 g/mol. The molecule has 0 aromatic carbocycles. The first-order chi connectivity index (χ1) is 7.03. The maximum absolute atomic E-state index is 12.1. The number of rotatable bonds is 1. The Labute approximate surface area is 85.3 Å². The summed E-state index contributed by atoms with van der Waals surface area (Å²) in [5, 5.41) is 11.6. The van der Waals surface area contributed by atoms with Crippen LogP contribution in [0.2, 0.25) is 0 Å². The third-order valence-electron chi connectivity index (χ3n) is 1.80. The van der Waals surface area contributed by atoms with Gasteiger partial charge in [0.1, 0.15) is 0 Å². The van der Waals surface area contributed by atoms with Crippen LogP contribution in [0.1, 0.15) is 17.5 Å². The van der Waals surface area contributed by atoms with Crippen molar-refractivity contribution in [2.24, 2.45) is 7.05 Å². The largest absolute Gasteiger partial charge is 0.435 e. The molecule has 1 N–H and O–H groups in total. The Bertz CT molecular complexity index is 379. The molecule has 9 heteroatoms. The van der Waals surface area contributed by atoms with Crippen molar-refractivity contribution in [1.29, 1.82) is 0 Å². The molecule has 1 unspecified atom stereocenters. The van der Waals surface area contributed by atoms with Gasteiger partial charge in [-0.3, -0.25) is 4.68 Å². The Kier molecular flexibility index (Phi) is 2.92. The molecule has 0 spiro atoms. The number of aromatic nitrogens is 2. The van der Waals surface area contributed by atoms with E-state index in [9.17, 15) is 26.3 Å². The van der Waals surface area contributed by atoms with E-state index in [4.69, 9.17) is 5.11 Å². The topological polar surface area (TPSA) is 38.0 Å². The zero-order chi connectivity index (χ0) is 12.7. The Hall–Kier alpha value is -1.25. The van der Waals surface area contributed by atoms with Crippen LogP contribution in [0.15, 0.2) is 6.07 Å². The summed E-state index contributed by atoms with van der Waals surface area (Å²) in [6.07, 6.45) is -12.9. The van der Waals surface area contributed by atoms with E-state index in [0.29, 0.717) is 4.68 Å². The highest BCUT2D eigenvalue weighted by Gasteiger charge is 2.43. The maximum Gasteiger partial charge on any atom is 0.435 e. The van der Waals surface area contributed by atoms with Crippen LogP contribution in [0.5, 0.6) is 0 Å². The van der Waals surface area contributed by atoms with Gasteiger partial charge in [0.05, 0.1) is 5.69 Å². The van der Waals surface area contributed by atoms with Gasteiger partial charge in [0.15, 0.2) is 11.8 Å². The van der Waals surface area contributed by atoms with Crippen molar-refractivity contribution >= 4 is 0 Å². The minimum Gasteiger partial charge on any atom is -0.378 e.